The molecular formula is C46H54N12O9. The molecule has 0 fully saturated rings. The summed E-state index contributed by atoms with van der Waals surface area (Å²) in [6, 6.07) is 23.6. The lowest BCUT2D eigenvalue weighted by atomic mass is 10.0. The van der Waals surface area contributed by atoms with Gasteiger partial charge in [-0.3, -0.25) is 19.2 Å². The molecule has 21 heteroatoms. The second kappa shape index (κ2) is 24.2. The number of para-hydroxylation sites is 2. The normalized spacial score (nSPS) is 13.9. The van der Waals surface area contributed by atoms with Gasteiger partial charge in [0.25, 0.3) is 0 Å². The van der Waals surface area contributed by atoms with Crippen LogP contribution in [0.1, 0.15) is 24.2 Å². The Kier molecular flexibility index (Phi) is 17.7. The number of aromatic nitrogens is 4. The molecule has 6 aromatic rings. The largest absolute Gasteiger partial charge is 0.394 e. The second-order valence-corrected chi connectivity index (χ2v) is 15.5. The summed E-state index contributed by atoms with van der Waals surface area (Å²) < 4.78 is 0. The molecule has 0 aliphatic carbocycles. The third-order valence-electron chi connectivity index (χ3n) is 10.6. The fraction of sp³-hybridized carbons (Fsp3) is 0.304. The summed E-state index contributed by atoms with van der Waals surface area (Å²) in [6.07, 6.45) is -3.47. The lowest BCUT2D eigenvalue weighted by molar-refractivity contribution is -0.132. The average Bonchev–Trinajstić information content (AvgIpc) is 3.86. The number of benzene rings is 3. The monoisotopic (exact) mass is 918 g/mol. The molecule has 6 unspecified atom stereocenters. The summed E-state index contributed by atoms with van der Waals surface area (Å²) in [7, 11) is 0. The Morgan fingerprint density at radius 1 is 0.776 bits per heavy atom. The van der Waals surface area contributed by atoms with E-state index in [9.17, 15) is 39.3 Å². The quantitative estimate of drug-likeness (QED) is 0.0206. The van der Waals surface area contributed by atoms with Crippen molar-refractivity contribution in [3.8, 4) is 0 Å². The molecule has 0 aliphatic heterocycles. The van der Waals surface area contributed by atoms with Gasteiger partial charge >= 0.3 is 0 Å². The van der Waals surface area contributed by atoms with Crippen LogP contribution in [-0.2, 0) is 36.9 Å². The van der Waals surface area contributed by atoms with Crippen molar-refractivity contribution >= 4 is 74.6 Å². The Balaban J connectivity index is 1.13. The lowest BCUT2D eigenvalue weighted by Gasteiger charge is -2.26. The molecule has 0 bridgehead atoms. The number of nitrogens with zero attached hydrogens (tertiary/aromatic N) is 3. The standard InChI is InChI=1S/C46H54N12O9/c47-18-19-48-21-29-6-5-11-39(52-29)56-36(20-30-22-49-26-51-30)46(67)58-35(16-17-40(62)57-37(24-59)43(64)44(65)38(61)25-60)45(66)50-23-41(63)53-27-12-14-28(15-13-27)54-42-31-7-1-3-9-33(31)55-34-10-4-2-8-32(34)42/h1-15,22,24,26,35-38,43-44,48,60-61,64-65H,16-21,23,25,47H2,(H,49,51)(H,50,66)(H,52,56)(H,53,63)(H,54,55)(H,57,62)(H,58,67). The van der Waals surface area contributed by atoms with E-state index in [2.05, 4.69) is 52.2 Å². The summed E-state index contributed by atoms with van der Waals surface area (Å²) >= 11 is 0. The molecule has 14 N–H and O–H groups in total. The molecule has 4 amide bonds. The maximum Gasteiger partial charge on any atom is 0.243 e. The molecule has 0 saturated carbocycles. The summed E-state index contributed by atoms with van der Waals surface area (Å²) in [6.45, 7) is -0.0506. The molecule has 0 saturated heterocycles. The van der Waals surface area contributed by atoms with Gasteiger partial charge in [0.2, 0.25) is 23.6 Å². The molecule has 3 aromatic carbocycles. The number of H-pyrrole nitrogens is 1. The van der Waals surface area contributed by atoms with E-state index < -0.39 is 79.6 Å². The highest BCUT2D eigenvalue weighted by Crippen LogP contribution is 2.33. The number of rotatable bonds is 25. The second-order valence-electron chi connectivity index (χ2n) is 15.5. The molecule has 21 nitrogen and oxygen atoms in total. The number of fused-ring (bicyclic) bond motifs is 2. The van der Waals surface area contributed by atoms with Gasteiger partial charge in [-0.1, -0.05) is 42.5 Å². The molecule has 352 valence electrons. The Morgan fingerprint density at radius 3 is 2.13 bits per heavy atom. The van der Waals surface area contributed by atoms with Gasteiger partial charge in [-0.05, 0) is 55.0 Å². The summed E-state index contributed by atoms with van der Waals surface area (Å²) in [4.78, 5) is 82.3. The number of imidazole rings is 1. The zero-order valence-electron chi connectivity index (χ0n) is 36.3. The average molecular weight is 919 g/mol. The van der Waals surface area contributed by atoms with Gasteiger partial charge in [0.1, 0.15) is 48.5 Å². The van der Waals surface area contributed by atoms with Crippen LogP contribution in [0.3, 0.4) is 0 Å². The van der Waals surface area contributed by atoms with Crippen LogP contribution in [-0.4, -0.2) is 133 Å². The first-order valence-electron chi connectivity index (χ1n) is 21.5. The lowest BCUT2D eigenvalue weighted by Crippen LogP contribution is -2.54. The molecular weight excluding hydrogens is 865 g/mol. The van der Waals surface area contributed by atoms with Gasteiger partial charge in [0.15, 0.2) is 0 Å². The van der Waals surface area contributed by atoms with Crippen LogP contribution in [0.25, 0.3) is 21.8 Å². The van der Waals surface area contributed by atoms with E-state index >= 15 is 0 Å². The van der Waals surface area contributed by atoms with Crippen LogP contribution in [0, 0.1) is 0 Å². The van der Waals surface area contributed by atoms with Gasteiger partial charge < -0.3 is 73.2 Å². The topological polar surface area (TPSA) is 331 Å². The van der Waals surface area contributed by atoms with Crippen LogP contribution in [0.15, 0.2) is 104 Å². The fourth-order valence-electron chi connectivity index (χ4n) is 7.06. The number of nitrogens with two attached hydrogens (primary N) is 1. The van der Waals surface area contributed by atoms with Crippen molar-refractivity contribution in [1.29, 1.82) is 0 Å². The Hall–Kier alpha value is -7.40. The molecule has 0 radical (unpaired) electrons. The Bertz CT molecular complexity index is 2550. The minimum absolute atomic E-state index is 0.0609. The minimum Gasteiger partial charge on any atom is -0.394 e. The summed E-state index contributed by atoms with van der Waals surface area (Å²) in [5, 5.41) is 61.1. The predicted octanol–water partition coefficient (Wildman–Crippen LogP) is 0.0998. The van der Waals surface area contributed by atoms with Crippen LogP contribution < -0.4 is 43.0 Å². The summed E-state index contributed by atoms with van der Waals surface area (Å²) in [5.74, 6) is -2.63. The SMILES string of the molecule is NCCNCc1cccc(NC(Cc2cnc[nH]2)C(=O)NC(CCC(=O)NC(C=O)C(O)C(O)C(O)CO)C(=O)NCC(=O)Nc2ccc(Nc3c4ccccc4nc4ccccc34)cc2)n1. The Labute approximate surface area is 384 Å². The number of carbonyl (C=O) groups is 5. The van der Waals surface area contributed by atoms with E-state index in [1.807, 2.05) is 48.5 Å². The fourth-order valence-corrected chi connectivity index (χ4v) is 7.06. The first-order valence-corrected chi connectivity index (χ1v) is 21.5. The molecule has 0 spiro atoms. The maximum absolute atomic E-state index is 14.1. The number of anilines is 4. The molecule has 67 heavy (non-hydrogen) atoms. The van der Waals surface area contributed by atoms with E-state index in [1.54, 1.807) is 42.5 Å². The van der Waals surface area contributed by atoms with Crippen LogP contribution in [0.2, 0.25) is 0 Å². The van der Waals surface area contributed by atoms with E-state index in [0.717, 1.165) is 33.2 Å². The van der Waals surface area contributed by atoms with E-state index in [1.165, 1.54) is 12.5 Å². The molecule has 3 aromatic heterocycles. The van der Waals surface area contributed by atoms with Crippen LogP contribution in [0.4, 0.5) is 22.9 Å². The Morgan fingerprint density at radius 2 is 1.48 bits per heavy atom. The third-order valence-corrected chi connectivity index (χ3v) is 10.6. The van der Waals surface area contributed by atoms with Crippen molar-refractivity contribution in [2.75, 3.05) is 42.2 Å². The summed E-state index contributed by atoms with van der Waals surface area (Å²) in [5.41, 5.74) is 10.5. The van der Waals surface area contributed by atoms with Crippen molar-refractivity contribution in [2.45, 2.75) is 62.2 Å². The third kappa shape index (κ3) is 13.8. The number of aliphatic hydroxyl groups is 4. The van der Waals surface area contributed by atoms with E-state index in [0.29, 0.717) is 42.5 Å². The number of nitrogens with one attached hydrogen (secondary N) is 8. The highest BCUT2D eigenvalue weighted by molar-refractivity contribution is 6.08. The molecule has 6 rings (SSSR count). The van der Waals surface area contributed by atoms with Gasteiger partial charge in [0.05, 0.1) is 41.9 Å². The predicted molar refractivity (Wildman–Crippen MR) is 250 cm³/mol. The number of pyridine rings is 2. The highest BCUT2D eigenvalue weighted by Gasteiger charge is 2.33. The number of amides is 4. The van der Waals surface area contributed by atoms with Crippen molar-refractivity contribution < 1.29 is 44.4 Å². The molecule has 0 aliphatic rings. The van der Waals surface area contributed by atoms with Crippen LogP contribution in [0.5, 0.6) is 0 Å². The number of aldehydes is 1. The molecule has 6 atom stereocenters. The zero-order chi connectivity index (χ0) is 47.7. The highest BCUT2D eigenvalue weighted by atomic mass is 16.4. The van der Waals surface area contributed by atoms with Gasteiger partial charge in [0, 0.05) is 66.5 Å². The maximum atomic E-state index is 14.1. The number of hydrogen-bond donors (Lipinski definition) is 13. The van der Waals surface area contributed by atoms with E-state index in [-0.39, 0.29) is 19.1 Å². The van der Waals surface area contributed by atoms with Gasteiger partial charge in [-0.15, -0.1) is 0 Å². The van der Waals surface area contributed by atoms with Crippen molar-refractivity contribution in [2.24, 2.45) is 5.73 Å². The molecule has 3 heterocycles. The first kappa shape index (κ1) is 49.0. The number of aliphatic hydroxyl groups excluding tert-OH is 4. The van der Waals surface area contributed by atoms with Gasteiger partial charge in [-0.2, -0.15) is 0 Å². The van der Waals surface area contributed by atoms with Gasteiger partial charge in [-0.25, -0.2) is 15.0 Å². The van der Waals surface area contributed by atoms with Crippen molar-refractivity contribution in [1.82, 2.24) is 41.2 Å². The smallest absolute Gasteiger partial charge is 0.243 e. The van der Waals surface area contributed by atoms with Crippen LogP contribution >= 0.6 is 0 Å². The minimum atomic E-state index is -1.99. The number of hydrogen-bond acceptors (Lipinski definition) is 16. The zero-order valence-corrected chi connectivity index (χ0v) is 36.3. The number of aromatic amines is 1. The van der Waals surface area contributed by atoms with Crippen molar-refractivity contribution in [3.63, 3.8) is 0 Å². The first-order chi connectivity index (χ1) is 32.5. The van der Waals surface area contributed by atoms with E-state index in [4.69, 9.17) is 15.8 Å². The van der Waals surface area contributed by atoms with Crippen molar-refractivity contribution in [3.05, 3.63) is 115 Å². The number of carbonyl (C=O) groups excluding carboxylic acids is 5.